The normalized spacial score (nSPS) is 13.1. The zero-order valence-corrected chi connectivity index (χ0v) is 35.3. The van der Waals surface area contributed by atoms with Gasteiger partial charge in [0.15, 0.2) is 0 Å². The second-order valence-electron chi connectivity index (χ2n) is 16.5. The highest BCUT2D eigenvalue weighted by Crippen LogP contribution is 2.63. The molecule has 0 fully saturated rings. The summed E-state index contributed by atoms with van der Waals surface area (Å²) in [6.07, 6.45) is 3.62. The van der Waals surface area contributed by atoms with Gasteiger partial charge in [0.05, 0.1) is 39.4 Å². The number of hydrogen-bond acceptors (Lipinski definition) is 5. The van der Waals surface area contributed by atoms with Crippen LogP contribution in [-0.2, 0) is 5.41 Å². The first-order valence-electron chi connectivity index (χ1n) is 21.6. The third-order valence-corrected chi connectivity index (χ3v) is 14.2. The van der Waals surface area contributed by atoms with Gasteiger partial charge < -0.3 is 0 Å². The first-order chi connectivity index (χ1) is 31.7. The first kappa shape index (κ1) is 36.6. The van der Waals surface area contributed by atoms with Crippen LogP contribution in [0, 0.1) is 0 Å². The van der Waals surface area contributed by atoms with Crippen molar-refractivity contribution < 1.29 is 0 Å². The van der Waals surface area contributed by atoms with Crippen LogP contribution in [0.25, 0.3) is 89.1 Å². The molecular formula is C59H36N4S. The fraction of sp³-hybridized carbons (Fsp3) is 0.0169. The molecule has 0 bridgehead atoms. The van der Waals surface area contributed by atoms with E-state index < -0.39 is 5.41 Å². The Hall–Kier alpha value is -7.99. The van der Waals surface area contributed by atoms with E-state index in [1.807, 2.05) is 60.6 Å². The summed E-state index contributed by atoms with van der Waals surface area (Å²) in [6, 6.07) is 74.4. The van der Waals surface area contributed by atoms with Crippen LogP contribution < -0.4 is 0 Å². The van der Waals surface area contributed by atoms with Gasteiger partial charge in [0.1, 0.15) is 0 Å². The Kier molecular flexibility index (Phi) is 8.33. The van der Waals surface area contributed by atoms with E-state index in [1.165, 1.54) is 48.6 Å². The number of rotatable bonds is 5. The highest BCUT2D eigenvalue weighted by molar-refractivity contribution is 7.99. The third kappa shape index (κ3) is 5.64. The van der Waals surface area contributed by atoms with Gasteiger partial charge >= 0.3 is 0 Å². The number of pyridine rings is 4. The summed E-state index contributed by atoms with van der Waals surface area (Å²) in [4.78, 5) is 22.2. The van der Waals surface area contributed by atoms with Gasteiger partial charge in [-0.2, -0.15) is 0 Å². The number of nitrogens with zero attached hydrogens (tertiary/aromatic N) is 4. The molecule has 7 aromatic carbocycles. The largest absolute Gasteiger partial charge is 0.255 e. The number of aromatic nitrogens is 4. The Bertz CT molecular complexity index is 3520. The maximum absolute atomic E-state index is 5.36. The zero-order chi connectivity index (χ0) is 42.2. The van der Waals surface area contributed by atoms with Gasteiger partial charge in [0.25, 0.3) is 0 Å². The Balaban J connectivity index is 1.02. The average Bonchev–Trinajstić information content (AvgIpc) is 3.65. The summed E-state index contributed by atoms with van der Waals surface area (Å²) >= 11 is 1.88. The van der Waals surface area contributed by atoms with Crippen molar-refractivity contribution >= 4 is 33.4 Å². The second kappa shape index (κ2) is 14.6. The molecular weight excluding hydrogens is 797 g/mol. The molecule has 0 atom stereocenters. The maximum atomic E-state index is 5.36. The molecule has 5 heterocycles. The molecule has 11 aromatic rings. The maximum Gasteiger partial charge on any atom is 0.0900 e. The Morgan fingerprint density at radius 2 is 0.906 bits per heavy atom. The van der Waals surface area contributed by atoms with Crippen molar-refractivity contribution in [3.05, 3.63) is 241 Å². The molecule has 1 aliphatic carbocycles. The highest BCUT2D eigenvalue weighted by atomic mass is 32.2. The number of hydrogen-bond donors (Lipinski definition) is 0. The van der Waals surface area contributed by atoms with Crippen LogP contribution in [0.2, 0.25) is 0 Å². The van der Waals surface area contributed by atoms with Crippen LogP contribution in [0.3, 0.4) is 0 Å². The fourth-order valence-electron chi connectivity index (χ4n) is 10.2. The lowest BCUT2D eigenvalue weighted by Crippen LogP contribution is -2.31. The van der Waals surface area contributed by atoms with Gasteiger partial charge in [-0.25, -0.2) is 9.97 Å². The topological polar surface area (TPSA) is 51.6 Å². The molecule has 4 nitrogen and oxygen atoms in total. The number of para-hydroxylation sites is 1. The van der Waals surface area contributed by atoms with Crippen LogP contribution in [-0.4, -0.2) is 19.9 Å². The predicted molar refractivity (Wildman–Crippen MR) is 261 cm³/mol. The molecule has 5 heteroatoms. The Morgan fingerprint density at radius 1 is 0.328 bits per heavy atom. The quantitative estimate of drug-likeness (QED) is 0.162. The van der Waals surface area contributed by atoms with Gasteiger partial charge in [0, 0.05) is 38.5 Å². The van der Waals surface area contributed by atoms with Crippen LogP contribution >= 0.6 is 11.8 Å². The molecule has 0 saturated carbocycles. The van der Waals surface area contributed by atoms with E-state index in [2.05, 4.69) is 180 Å². The van der Waals surface area contributed by atoms with Gasteiger partial charge in [-0.3, -0.25) is 9.97 Å². The lowest BCUT2D eigenvalue weighted by molar-refractivity contribution is 0.723. The van der Waals surface area contributed by atoms with E-state index >= 15 is 0 Å². The Labute approximate surface area is 375 Å². The van der Waals surface area contributed by atoms with Crippen molar-refractivity contribution in [3.63, 3.8) is 0 Å². The SMILES string of the molecule is c1ccc(-c2nc3ccccc3c3cc4c(cc23)-c2cc(-c3ccc(-c5cc(-c6ccccn6)nc(-c6ccccn6)c5)cc3)ccc2C42c3ccccc3Sc3ccccc32)cc1. The molecule has 1 spiro atoms. The average molecular weight is 833 g/mol. The second-order valence-corrected chi connectivity index (χ2v) is 17.6. The summed E-state index contributed by atoms with van der Waals surface area (Å²) in [7, 11) is 0. The van der Waals surface area contributed by atoms with Crippen LogP contribution in [0.1, 0.15) is 22.3 Å². The van der Waals surface area contributed by atoms with Crippen molar-refractivity contribution in [2.75, 3.05) is 0 Å². The number of benzene rings is 7. The standard InChI is InChI=1S/C59H36N4S/c1-2-14-39(15-3-1)58-46-35-45-44-32-40(37-24-26-38(27-25-37)41-33-54(52-20-10-12-30-60-52)62-55(34-41)53-21-11-13-31-61-53)28-29-47(44)59(50(45)36-43(46)42-16-4-7-19-51(42)63-58)48-17-5-8-22-56(48)64-57-23-9-6-18-49(57)59/h1-36H. The van der Waals surface area contributed by atoms with Crippen molar-refractivity contribution in [2.24, 2.45) is 0 Å². The minimum absolute atomic E-state index is 0.519. The fourth-order valence-corrected chi connectivity index (χ4v) is 11.4. The van der Waals surface area contributed by atoms with Crippen molar-refractivity contribution in [1.82, 2.24) is 19.9 Å². The van der Waals surface area contributed by atoms with E-state index in [0.29, 0.717) is 0 Å². The zero-order valence-electron chi connectivity index (χ0n) is 34.5. The smallest absolute Gasteiger partial charge is 0.0900 e. The third-order valence-electron chi connectivity index (χ3n) is 13.0. The van der Waals surface area contributed by atoms with E-state index in [4.69, 9.17) is 9.97 Å². The molecule has 13 rings (SSSR count). The van der Waals surface area contributed by atoms with Gasteiger partial charge in [-0.15, -0.1) is 0 Å². The van der Waals surface area contributed by atoms with E-state index in [-0.39, 0.29) is 0 Å². The molecule has 0 saturated heterocycles. The summed E-state index contributed by atoms with van der Waals surface area (Å²) < 4.78 is 0. The molecule has 64 heavy (non-hydrogen) atoms. The molecule has 1 aliphatic heterocycles. The molecule has 0 amide bonds. The van der Waals surface area contributed by atoms with Crippen LogP contribution in [0.4, 0.5) is 0 Å². The summed E-state index contributed by atoms with van der Waals surface area (Å²) in [5.74, 6) is 0. The minimum atomic E-state index is -0.519. The van der Waals surface area contributed by atoms with Crippen molar-refractivity contribution in [2.45, 2.75) is 15.2 Å². The Morgan fingerprint density at radius 3 is 1.58 bits per heavy atom. The first-order valence-corrected chi connectivity index (χ1v) is 22.4. The summed E-state index contributed by atoms with van der Waals surface area (Å²) in [5, 5.41) is 3.53. The summed E-state index contributed by atoms with van der Waals surface area (Å²) in [6.45, 7) is 0. The highest BCUT2D eigenvalue weighted by Gasteiger charge is 2.50. The molecule has 0 unspecified atom stereocenters. The minimum Gasteiger partial charge on any atom is -0.255 e. The van der Waals surface area contributed by atoms with E-state index in [0.717, 1.165) is 72.6 Å². The predicted octanol–water partition coefficient (Wildman–Crippen LogP) is 14.7. The van der Waals surface area contributed by atoms with Crippen molar-refractivity contribution in [3.8, 4) is 67.4 Å². The summed E-state index contributed by atoms with van der Waals surface area (Å²) in [5.41, 5.74) is 18.1. The van der Waals surface area contributed by atoms with Crippen LogP contribution in [0.15, 0.2) is 228 Å². The lowest BCUT2D eigenvalue weighted by Gasteiger charge is -2.39. The van der Waals surface area contributed by atoms with Crippen LogP contribution in [0.5, 0.6) is 0 Å². The van der Waals surface area contributed by atoms with Gasteiger partial charge in [-0.1, -0.05) is 145 Å². The monoisotopic (exact) mass is 832 g/mol. The van der Waals surface area contributed by atoms with Gasteiger partial charge in [0.2, 0.25) is 0 Å². The van der Waals surface area contributed by atoms with Crippen molar-refractivity contribution in [1.29, 1.82) is 0 Å². The molecule has 2 aliphatic rings. The number of fused-ring (bicyclic) bond motifs is 12. The molecule has 298 valence electrons. The van der Waals surface area contributed by atoms with E-state index in [1.54, 1.807) is 0 Å². The lowest BCUT2D eigenvalue weighted by atomic mass is 9.67. The van der Waals surface area contributed by atoms with E-state index in [9.17, 15) is 0 Å². The molecule has 4 aromatic heterocycles. The van der Waals surface area contributed by atoms with Gasteiger partial charge in [-0.05, 0) is 134 Å². The molecule has 0 radical (unpaired) electrons. The molecule has 0 N–H and O–H groups in total.